The van der Waals surface area contributed by atoms with Crippen LogP contribution >= 0.6 is 12.4 Å². The molecule has 3 rings (SSSR count). The summed E-state index contributed by atoms with van der Waals surface area (Å²) in [5.41, 5.74) is 2.84. The normalized spacial score (nSPS) is 16.3. The highest BCUT2D eigenvalue weighted by Gasteiger charge is 2.27. The van der Waals surface area contributed by atoms with E-state index in [1.54, 1.807) is 0 Å². The fourth-order valence-electron chi connectivity index (χ4n) is 3.46. The van der Waals surface area contributed by atoms with Gasteiger partial charge < -0.3 is 19.5 Å². The van der Waals surface area contributed by atoms with Gasteiger partial charge in [-0.2, -0.15) is 0 Å². The molecule has 1 fully saturated rings. The van der Waals surface area contributed by atoms with Gasteiger partial charge in [0, 0.05) is 19.1 Å². The van der Waals surface area contributed by atoms with Crippen molar-refractivity contribution < 1.29 is 14.1 Å². The third-order valence-electron chi connectivity index (χ3n) is 4.98. The number of halogens is 1. The smallest absolute Gasteiger partial charge is 0.227 e. The number of nitrogens with one attached hydrogen (secondary N) is 1. The number of carbonyl (C=O) groups is 1. The minimum Gasteiger partial charge on any atom is -0.489 e. The minimum atomic E-state index is 0. The van der Waals surface area contributed by atoms with E-state index < -0.39 is 0 Å². The first kappa shape index (κ1) is 21.3. The van der Waals surface area contributed by atoms with Crippen molar-refractivity contribution in [3.05, 3.63) is 46.8 Å². The number of carbonyl (C=O) groups excluding carboxylic acids is 1. The van der Waals surface area contributed by atoms with Crippen LogP contribution in [0.25, 0.3) is 0 Å². The zero-order valence-corrected chi connectivity index (χ0v) is 17.0. The molecule has 0 bridgehead atoms. The Bertz CT molecular complexity index is 726. The van der Waals surface area contributed by atoms with E-state index in [1.165, 1.54) is 0 Å². The highest BCUT2D eigenvalue weighted by molar-refractivity contribution is 5.85. The number of amides is 1. The SMILES string of the molecule is CNCC1CCCN1C(=O)Cc1ccc(OCc2c(C)noc2C)cc1.Cl. The van der Waals surface area contributed by atoms with E-state index in [0.717, 1.165) is 54.3 Å². The van der Waals surface area contributed by atoms with E-state index in [-0.39, 0.29) is 18.3 Å². The van der Waals surface area contributed by atoms with Crippen LogP contribution in [0.4, 0.5) is 0 Å². The predicted octanol–water partition coefficient (Wildman–Crippen LogP) is 3.05. The van der Waals surface area contributed by atoms with Gasteiger partial charge in [-0.15, -0.1) is 12.4 Å². The third-order valence-corrected chi connectivity index (χ3v) is 4.98. The van der Waals surface area contributed by atoms with Crippen molar-refractivity contribution in [3.8, 4) is 5.75 Å². The van der Waals surface area contributed by atoms with Crippen molar-refractivity contribution in [1.82, 2.24) is 15.4 Å². The third kappa shape index (κ3) is 5.23. The van der Waals surface area contributed by atoms with Crippen LogP contribution < -0.4 is 10.1 Å². The standard InChI is InChI=1S/C20H27N3O3.ClH/c1-14-19(15(2)26-22-14)13-25-18-8-6-16(7-9-18)11-20(24)23-10-4-5-17(23)12-21-3;/h6-9,17,21H,4-5,10-13H2,1-3H3;1H. The molecule has 1 unspecified atom stereocenters. The molecule has 7 heteroatoms. The topological polar surface area (TPSA) is 67.6 Å². The molecule has 27 heavy (non-hydrogen) atoms. The molecule has 1 aliphatic heterocycles. The van der Waals surface area contributed by atoms with Crippen molar-refractivity contribution in [2.45, 2.75) is 45.8 Å². The minimum absolute atomic E-state index is 0. The Labute approximate surface area is 166 Å². The Hall–Kier alpha value is -2.05. The van der Waals surface area contributed by atoms with Gasteiger partial charge in [0.2, 0.25) is 5.91 Å². The summed E-state index contributed by atoms with van der Waals surface area (Å²) in [6.45, 7) is 5.94. The number of likely N-dealkylation sites (tertiary alicyclic amines) is 1. The Morgan fingerprint density at radius 3 is 2.70 bits per heavy atom. The molecule has 0 saturated carbocycles. The lowest BCUT2D eigenvalue weighted by molar-refractivity contribution is -0.131. The van der Waals surface area contributed by atoms with Gasteiger partial charge in [-0.05, 0) is 51.4 Å². The van der Waals surface area contributed by atoms with Crippen LogP contribution in [-0.2, 0) is 17.8 Å². The van der Waals surface area contributed by atoms with Crippen molar-refractivity contribution >= 4 is 18.3 Å². The van der Waals surface area contributed by atoms with Gasteiger partial charge in [-0.3, -0.25) is 4.79 Å². The number of aryl methyl sites for hydroxylation is 2. The van der Waals surface area contributed by atoms with Crippen molar-refractivity contribution in [2.24, 2.45) is 0 Å². The molecule has 1 amide bonds. The number of likely N-dealkylation sites (N-methyl/N-ethyl adjacent to an activating group) is 1. The first-order valence-corrected chi connectivity index (χ1v) is 9.16. The lowest BCUT2D eigenvalue weighted by atomic mass is 10.1. The Morgan fingerprint density at radius 2 is 2.07 bits per heavy atom. The number of hydrogen-bond donors (Lipinski definition) is 1. The molecule has 1 atom stereocenters. The van der Waals surface area contributed by atoms with E-state index in [4.69, 9.17) is 9.26 Å². The van der Waals surface area contributed by atoms with Crippen molar-refractivity contribution in [1.29, 1.82) is 0 Å². The Balaban J connectivity index is 0.00000261. The number of aromatic nitrogens is 1. The summed E-state index contributed by atoms with van der Waals surface area (Å²) < 4.78 is 11.0. The van der Waals surface area contributed by atoms with Crippen LogP contribution in [0.15, 0.2) is 28.8 Å². The lowest BCUT2D eigenvalue weighted by Crippen LogP contribution is -2.41. The highest BCUT2D eigenvalue weighted by atomic mass is 35.5. The molecular weight excluding hydrogens is 366 g/mol. The maximum absolute atomic E-state index is 12.6. The van der Waals surface area contributed by atoms with Crippen LogP contribution in [0.5, 0.6) is 5.75 Å². The molecule has 1 N–H and O–H groups in total. The van der Waals surface area contributed by atoms with Gasteiger partial charge in [0.1, 0.15) is 18.1 Å². The van der Waals surface area contributed by atoms with Crippen LogP contribution in [0.1, 0.15) is 35.4 Å². The second-order valence-electron chi connectivity index (χ2n) is 6.85. The quantitative estimate of drug-likeness (QED) is 0.783. The largest absolute Gasteiger partial charge is 0.489 e. The maximum Gasteiger partial charge on any atom is 0.227 e. The summed E-state index contributed by atoms with van der Waals surface area (Å²) >= 11 is 0. The molecule has 148 valence electrons. The van der Waals surface area contributed by atoms with E-state index in [0.29, 0.717) is 19.1 Å². The molecule has 1 saturated heterocycles. The van der Waals surface area contributed by atoms with Gasteiger partial charge in [0.15, 0.2) is 0 Å². The average Bonchev–Trinajstić information content (AvgIpc) is 3.22. The summed E-state index contributed by atoms with van der Waals surface area (Å²) in [5.74, 6) is 1.76. The van der Waals surface area contributed by atoms with Gasteiger partial charge in [-0.1, -0.05) is 17.3 Å². The van der Waals surface area contributed by atoms with Crippen LogP contribution in [-0.4, -0.2) is 42.1 Å². The Kier molecular flexibility index (Phi) is 7.68. The van der Waals surface area contributed by atoms with Crippen LogP contribution in [0, 0.1) is 13.8 Å². The second kappa shape index (κ2) is 9.76. The van der Waals surface area contributed by atoms with Gasteiger partial charge in [-0.25, -0.2) is 0 Å². The number of ether oxygens (including phenoxy) is 1. The number of benzene rings is 1. The van der Waals surface area contributed by atoms with E-state index in [9.17, 15) is 4.79 Å². The van der Waals surface area contributed by atoms with Crippen molar-refractivity contribution in [3.63, 3.8) is 0 Å². The van der Waals surface area contributed by atoms with Gasteiger partial charge in [0.05, 0.1) is 17.7 Å². The average molecular weight is 394 g/mol. The highest BCUT2D eigenvalue weighted by Crippen LogP contribution is 2.20. The number of rotatable bonds is 7. The molecular formula is C20H28ClN3O3. The molecule has 1 aromatic carbocycles. The molecule has 1 aliphatic rings. The summed E-state index contributed by atoms with van der Waals surface area (Å²) in [6, 6.07) is 8.07. The summed E-state index contributed by atoms with van der Waals surface area (Å²) in [6.07, 6.45) is 2.61. The molecule has 0 radical (unpaired) electrons. The zero-order chi connectivity index (χ0) is 18.5. The summed E-state index contributed by atoms with van der Waals surface area (Å²) in [4.78, 5) is 14.6. The Morgan fingerprint density at radius 1 is 1.33 bits per heavy atom. The molecule has 0 aliphatic carbocycles. The monoisotopic (exact) mass is 393 g/mol. The molecule has 0 spiro atoms. The van der Waals surface area contributed by atoms with E-state index in [1.807, 2.05) is 50.1 Å². The van der Waals surface area contributed by atoms with E-state index in [2.05, 4.69) is 10.5 Å². The van der Waals surface area contributed by atoms with E-state index >= 15 is 0 Å². The van der Waals surface area contributed by atoms with Crippen LogP contribution in [0.3, 0.4) is 0 Å². The first-order valence-electron chi connectivity index (χ1n) is 9.16. The van der Waals surface area contributed by atoms with Crippen LogP contribution in [0.2, 0.25) is 0 Å². The van der Waals surface area contributed by atoms with Gasteiger partial charge in [0.25, 0.3) is 0 Å². The number of nitrogens with zero attached hydrogens (tertiary/aromatic N) is 2. The summed E-state index contributed by atoms with van der Waals surface area (Å²) in [5, 5.41) is 7.11. The molecule has 2 heterocycles. The van der Waals surface area contributed by atoms with Crippen molar-refractivity contribution in [2.75, 3.05) is 20.1 Å². The second-order valence-corrected chi connectivity index (χ2v) is 6.85. The molecule has 2 aromatic rings. The summed E-state index contributed by atoms with van der Waals surface area (Å²) in [7, 11) is 1.93. The first-order chi connectivity index (χ1) is 12.6. The molecule has 6 nitrogen and oxygen atoms in total. The predicted molar refractivity (Wildman–Crippen MR) is 106 cm³/mol. The lowest BCUT2D eigenvalue weighted by Gasteiger charge is -2.24. The molecule has 1 aromatic heterocycles. The maximum atomic E-state index is 12.6. The number of hydrogen-bond acceptors (Lipinski definition) is 5. The fraction of sp³-hybridized carbons (Fsp3) is 0.500. The zero-order valence-electron chi connectivity index (χ0n) is 16.2. The fourth-order valence-corrected chi connectivity index (χ4v) is 3.46. The van der Waals surface area contributed by atoms with Gasteiger partial charge >= 0.3 is 0 Å².